The molecule has 0 aliphatic rings. The van der Waals surface area contributed by atoms with Gasteiger partial charge in [0.2, 0.25) is 0 Å². The van der Waals surface area contributed by atoms with Crippen molar-refractivity contribution in [3.63, 3.8) is 0 Å². The summed E-state index contributed by atoms with van der Waals surface area (Å²) >= 11 is 9.63. The van der Waals surface area contributed by atoms with Gasteiger partial charge in [-0.3, -0.25) is 4.79 Å². The van der Waals surface area contributed by atoms with E-state index < -0.39 is 0 Å². The molecule has 1 N–H and O–H groups in total. The predicted molar refractivity (Wildman–Crippen MR) is 92.6 cm³/mol. The summed E-state index contributed by atoms with van der Waals surface area (Å²) in [5.74, 6) is -0.157. The number of nitrogens with one attached hydrogen (secondary N) is 1. The molecule has 0 aliphatic heterocycles. The van der Waals surface area contributed by atoms with Gasteiger partial charge in [-0.25, -0.2) is 0 Å². The van der Waals surface area contributed by atoms with Crippen molar-refractivity contribution in [1.82, 2.24) is 0 Å². The summed E-state index contributed by atoms with van der Waals surface area (Å²) in [6.45, 7) is 1.95. The van der Waals surface area contributed by atoms with Gasteiger partial charge in [-0.2, -0.15) is 0 Å². The van der Waals surface area contributed by atoms with Crippen molar-refractivity contribution in [2.75, 3.05) is 24.3 Å². The Hall–Kier alpha value is -1.52. The van der Waals surface area contributed by atoms with Crippen LogP contribution in [-0.4, -0.2) is 20.0 Å². The van der Waals surface area contributed by atoms with Crippen molar-refractivity contribution >= 4 is 44.8 Å². The fourth-order valence-corrected chi connectivity index (χ4v) is 2.64. The van der Waals surface area contributed by atoms with Crippen molar-refractivity contribution in [3.8, 4) is 0 Å². The highest BCUT2D eigenvalue weighted by Gasteiger charge is 2.13. The molecule has 0 heterocycles. The Labute approximate surface area is 138 Å². The number of amides is 1. The summed E-state index contributed by atoms with van der Waals surface area (Å²) in [7, 11) is 3.78. The zero-order valence-electron chi connectivity index (χ0n) is 12.1. The van der Waals surface area contributed by atoms with Crippen molar-refractivity contribution < 1.29 is 4.79 Å². The summed E-state index contributed by atoms with van der Waals surface area (Å²) in [4.78, 5) is 14.3. The zero-order chi connectivity index (χ0) is 15.6. The number of hydrogen-bond acceptors (Lipinski definition) is 2. The van der Waals surface area contributed by atoms with Gasteiger partial charge in [-0.1, -0.05) is 33.6 Å². The SMILES string of the molecule is Cc1cc(C(=O)Nc2cccc(Cl)c2N(C)C)ccc1Br. The van der Waals surface area contributed by atoms with E-state index in [1.807, 2.05) is 50.2 Å². The van der Waals surface area contributed by atoms with E-state index in [1.165, 1.54) is 0 Å². The van der Waals surface area contributed by atoms with Crippen LogP contribution in [0.2, 0.25) is 5.02 Å². The van der Waals surface area contributed by atoms with E-state index in [-0.39, 0.29) is 5.91 Å². The molecular formula is C16H16BrClN2O. The molecule has 2 aromatic rings. The molecular weight excluding hydrogens is 352 g/mol. The lowest BCUT2D eigenvalue weighted by atomic mass is 10.1. The van der Waals surface area contributed by atoms with Gasteiger partial charge in [0.15, 0.2) is 0 Å². The van der Waals surface area contributed by atoms with E-state index in [1.54, 1.807) is 12.1 Å². The summed E-state index contributed by atoms with van der Waals surface area (Å²) in [6.07, 6.45) is 0. The molecule has 0 saturated heterocycles. The number of carbonyl (C=O) groups is 1. The molecule has 5 heteroatoms. The van der Waals surface area contributed by atoms with E-state index in [9.17, 15) is 4.79 Å². The lowest BCUT2D eigenvalue weighted by Gasteiger charge is -2.19. The van der Waals surface area contributed by atoms with Crippen LogP contribution < -0.4 is 10.2 Å². The average molecular weight is 368 g/mol. The molecule has 0 fully saturated rings. The predicted octanol–water partition coefficient (Wildman–Crippen LogP) is 4.73. The maximum Gasteiger partial charge on any atom is 0.255 e. The van der Waals surface area contributed by atoms with Crippen LogP contribution in [0.25, 0.3) is 0 Å². The Morgan fingerprint density at radius 2 is 1.95 bits per heavy atom. The van der Waals surface area contributed by atoms with Gasteiger partial charge in [-0.05, 0) is 42.8 Å². The van der Waals surface area contributed by atoms with Crippen LogP contribution in [0.4, 0.5) is 11.4 Å². The van der Waals surface area contributed by atoms with Gasteiger partial charge in [0.1, 0.15) is 0 Å². The highest BCUT2D eigenvalue weighted by Crippen LogP contribution is 2.32. The Bertz CT molecular complexity index is 686. The monoisotopic (exact) mass is 366 g/mol. The molecule has 21 heavy (non-hydrogen) atoms. The largest absolute Gasteiger partial charge is 0.375 e. The van der Waals surface area contributed by atoms with Crippen LogP contribution in [0.3, 0.4) is 0 Å². The number of hydrogen-bond donors (Lipinski definition) is 1. The number of rotatable bonds is 3. The Morgan fingerprint density at radius 1 is 1.24 bits per heavy atom. The molecule has 0 saturated carbocycles. The number of nitrogens with zero attached hydrogens (tertiary/aromatic N) is 1. The summed E-state index contributed by atoms with van der Waals surface area (Å²) in [6, 6.07) is 11.0. The van der Waals surface area contributed by atoms with E-state index in [4.69, 9.17) is 11.6 Å². The second kappa shape index (κ2) is 6.50. The number of aryl methyl sites for hydroxylation is 1. The highest BCUT2D eigenvalue weighted by molar-refractivity contribution is 9.10. The van der Waals surface area contributed by atoms with Crippen LogP contribution in [-0.2, 0) is 0 Å². The average Bonchev–Trinajstić information content (AvgIpc) is 2.41. The third-order valence-electron chi connectivity index (χ3n) is 3.10. The van der Waals surface area contributed by atoms with Crippen molar-refractivity contribution in [3.05, 3.63) is 57.0 Å². The molecule has 2 aromatic carbocycles. The minimum absolute atomic E-state index is 0.157. The van der Waals surface area contributed by atoms with Crippen LogP contribution in [0.5, 0.6) is 0 Å². The van der Waals surface area contributed by atoms with E-state index >= 15 is 0 Å². The topological polar surface area (TPSA) is 32.3 Å². The molecule has 2 rings (SSSR count). The molecule has 0 atom stereocenters. The minimum Gasteiger partial charge on any atom is -0.375 e. The maximum absolute atomic E-state index is 12.4. The Balaban J connectivity index is 2.31. The third-order valence-corrected chi connectivity index (χ3v) is 4.30. The number of para-hydroxylation sites is 1. The molecule has 0 unspecified atom stereocenters. The first-order valence-electron chi connectivity index (χ1n) is 6.43. The zero-order valence-corrected chi connectivity index (χ0v) is 14.4. The number of carbonyl (C=O) groups excluding carboxylic acids is 1. The maximum atomic E-state index is 12.4. The molecule has 110 valence electrons. The Kier molecular flexibility index (Phi) is 4.91. The molecule has 0 spiro atoms. The summed E-state index contributed by atoms with van der Waals surface area (Å²) < 4.78 is 0.982. The molecule has 0 bridgehead atoms. The van der Waals surface area contributed by atoms with E-state index in [0.29, 0.717) is 16.3 Å². The first kappa shape index (κ1) is 15.9. The summed E-state index contributed by atoms with van der Waals surface area (Å²) in [5, 5.41) is 3.52. The van der Waals surface area contributed by atoms with Crippen LogP contribution in [0, 0.1) is 6.92 Å². The van der Waals surface area contributed by atoms with Crippen LogP contribution in [0.15, 0.2) is 40.9 Å². The molecule has 0 radical (unpaired) electrons. The quantitative estimate of drug-likeness (QED) is 0.850. The first-order chi connectivity index (χ1) is 9.90. The minimum atomic E-state index is -0.157. The first-order valence-corrected chi connectivity index (χ1v) is 7.60. The van der Waals surface area contributed by atoms with Crippen molar-refractivity contribution in [1.29, 1.82) is 0 Å². The second-order valence-electron chi connectivity index (χ2n) is 4.95. The molecule has 3 nitrogen and oxygen atoms in total. The fraction of sp³-hybridized carbons (Fsp3) is 0.188. The smallest absolute Gasteiger partial charge is 0.255 e. The molecule has 1 amide bonds. The van der Waals surface area contributed by atoms with Crippen molar-refractivity contribution in [2.45, 2.75) is 6.92 Å². The number of benzene rings is 2. The van der Waals surface area contributed by atoms with Gasteiger partial charge < -0.3 is 10.2 Å². The van der Waals surface area contributed by atoms with Gasteiger partial charge in [0, 0.05) is 24.1 Å². The van der Waals surface area contributed by atoms with Gasteiger partial charge in [0.25, 0.3) is 5.91 Å². The van der Waals surface area contributed by atoms with Gasteiger partial charge in [0.05, 0.1) is 16.4 Å². The lowest BCUT2D eigenvalue weighted by Crippen LogP contribution is -2.17. The Morgan fingerprint density at radius 3 is 2.57 bits per heavy atom. The lowest BCUT2D eigenvalue weighted by molar-refractivity contribution is 0.102. The summed E-state index contributed by atoms with van der Waals surface area (Å²) in [5.41, 5.74) is 3.11. The standard InChI is InChI=1S/C16H16BrClN2O/c1-10-9-11(7-8-12(10)17)16(21)19-14-6-4-5-13(18)15(14)20(2)3/h4-9H,1-3H3,(H,19,21). The van der Waals surface area contributed by atoms with Gasteiger partial charge >= 0.3 is 0 Å². The molecule has 0 aromatic heterocycles. The molecule has 0 aliphatic carbocycles. The van der Waals surface area contributed by atoms with Gasteiger partial charge in [-0.15, -0.1) is 0 Å². The second-order valence-corrected chi connectivity index (χ2v) is 6.21. The number of anilines is 2. The fourth-order valence-electron chi connectivity index (χ4n) is 2.05. The van der Waals surface area contributed by atoms with Crippen molar-refractivity contribution in [2.24, 2.45) is 0 Å². The normalized spacial score (nSPS) is 10.3. The third kappa shape index (κ3) is 3.57. The van der Waals surface area contributed by atoms with E-state index in [2.05, 4.69) is 21.2 Å². The highest BCUT2D eigenvalue weighted by atomic mass is 79.9. The van der Waals surface area contributed by atoms with Crippen LogP contribution >= 0.6 is 27.5 Å². The number of halogens is 2. The van der Waals surface area contributed by atoms with Crippen LogP contribution in [0.1, 0.15) is 15.9 Å². The van der Waals surface area contributed by atoms with E-state index in [0.717, 1.165) is 15.7 Å².